The van der Waals surface area contributed by atoms with Gasteiger partial charge in [0.15, 0.2) is 0 Å². The lowest BCUT2D eigenvalue weighted by Gasteiger charge is -2.04. The second kappa shape index (κ2) is 4.72. The molecular formula is C14H11ClN2OS. The van der Waals surface area contributed by atoms with Crippen molar-refractivity contribution in [3.8, 4) is 16.3 Å². The van der Waals surface area contributed by atoms with Crippen LogP contribution in [0.2, 0.25) is 5.02 Å². The Kier molecular flexibility index (Phi) is 3.05. The lowest BCUT2D eigenvalue weighted by molar-refractivity contribution is 0.415. The summed E-state index contributed by atoms with van der Waals surface area (Å²) in [6, 6.07) is 11.3. The highest BCUT2D eigenvalue weighted by molar-refractivity contribution is 7.22. The number of nitrogen functional groups attached to an aromatic ring is 1. The Balaban J connectivity index is 2.16. The largest absolute Gasteiger partial charge is 0.497 e. The van der Waals surface area contributed by atoms with E-state index in [-0.39, 0.29) is 0 Å². The topological polar surface area (TPSA) is 48.1 Å². The molecule has 0 spiro atoms. The molecule has 1 heterocycles. The van der Waals surface area contributed by atoms with E-state index >= 15 is 0 Å². The summed E-state index contributed by atoms with van der Waals surface area (Å²) in [6.45, 7) is 0. The molecule has 3 rings (SSSR count). The number of nitrogens with zero attached hydrogens (tertiary/aromatic N) is 1. The number of nitrogens with two attached hydrogens (primary N) is 1. The summed E-state index contributed by atoms with van der Waals surface area (Å²) < 4.78 is 6.13. The number of fused-ring (bicyclic) bond motifs is 1. The molecule has 19 heavy (non-hydrogen) atoms. The van der Waals surface area contributed by atoms with Gasteiger partial charge in [0, 0.05) is 17.3 Å². The Hall–Kier alpha value is -1.78. The number of hydrogen-bond donors (Lipinski definition) is 1. The highest BCUT2D eigenvalue weighted by atomic mass is 35.5. The fourth-order valence-electron chi connectivity index (χ4n) is 1.89. The van der Waals surface area contributed by atoms with Crippen LogP contribution in [-0.2, 0) is 0 Å². The van der Waals surface area contributed by atoms with Crippen LogP contribution in [0.3, 0.4) is 0 Å². The number of benzene rings is 2. The van der Waals surface area contributed by atoms with Crippen molar-refractivity contribution in [1.29, 1.82) is 0 Å². The van der Waals surface area contributed by atoms with E-state index in [1.165, 1.54) is 0 Å². The zero-order chi connectivity index (χ0) is 13.4. The predicted molar refractivity (Wildman–Crippen MR) is 81.0 cm³/mol. The van der Waals surface area contributed by atoms with Crippen molar-refractivity contribution in [3.05, 3.63) is 41.4 Å². The molecule has 0 saturated heterocycles. The van der Waals surface area contributed by atoms with Crippen LogP contribution in [0.5, 0.6) is 5.75 Å². The molecule has 3 aromatic rings. The molecule has 1 aromatic heterocycles. The molecular weight excluding hydrogens is 280 g/mol. The number of aromatic nitrogens is 1. The third-order valence-corrected chi connectivity index (χ3v) is 4.42. The second-order valence-electron chi connectivity index (χ2n) is 4.06. The van der Waals surface area contributed by atoms with Crippen LogP contribution in [0.1, 0.15) is 0 Å². The zero-order valence-electron chi connectivity index (χ0n) is 10.2. The van der Waals surface area contributed by atoms with Crippen molar-refractivity contribution >= 4 is 38.8 Å². The Morgan fingerprint density at radius 2 is 2.11 bits per heavy atom. The van der Waals surface area contributed by atoms with E-state index in [1.54, 1.807) is 24.5 Å². The molecule has 0 aliphatic rings. The predicted octanol–water partition coefficient (Wildman–Crippen LogP) is 4.21. The van der Waals surface area contributed by atoms with E-state index in [1.807, 2.05) is 30.3 Å². The molecule has 2 N–H and O–H groups in total. The summed E-state index contributed by atoms with van der Waals surface area (Å²) in [6.07, 6.45) is 0. The van der Waals surface area contributed by atoms with E-state index < -0.39 is 0 Å². The summed E-state index contributed by atoms with van der Waals surface area (Å²) in [5, 5.41) is 1.58. The number of ether oxygens (including phenoxy) is 1. The Morgan fingerprint density at radius 3 is 2.79 bits per heavy atom. The number of thiazole rings is 1. The van der Waals surface area contributed by atoms with E-state index in [0.717, 1.165) is 26.5 Å². The summed E-state index contributed by atoms with van der Waals surface area (Å²) in [7, 11) is 1.62. The molecule has 2 aromatic carbocycles. The first-order chi connectivity index (χ1) is 9.19. The number of methoxy groups -OCH3 is 1. The van der Waals surface area contributed by atoms with Crippen LogP contribution in [0.15, 0.2) is 36.4 Å². The summed E-state index contributed by atoms with van der Waals surface area (Å²) >= 11 is 7.71. The van der Waals surface area contributed by atoms with Crippen LogP contribution >= 0.6 is 22.9 Å². The Morgan fingerprint density at radius 1 is 1.26 bits per heavy atom. The van der Waals surface area contributed by atoms with Gasteiger partial charge in [0.1, 0.15) is 10.8 Å². The first-order valence-electron chi connectivity index (χ1n) is 5.68. The normalized spacial score (nSPS) is 10.8. The maximum atomic E-state index is 6.16. The highest BCUT2D eigenvalue weighted by Crippen LogP contribution is 2.37. The maximum Gasteiger partial charge on any atom is 0.126 e. The van der Waals surface area contributed by atoms with Crippen molar-refractivity contribution in [1.82, 2.24) is 4.98 Å². The molecule has 3 nitrogen and oxygen atoms in total. The molecule has 0 amide bonds. The fraction of sp³-hybridized carbons (Fsp3) is 0.0714. The molecule has 96 valence electrons. The monoisotopic (exact) mass is 290 g/mol. The van der Waals surface area contributed by atoms with Crippen LogP contribution in [0.4, 0.5) is 5.69 Å². The van der Waals surface area contributed by atoms with Crippen LogP contribution < -0.4 is 10.5 Å². The fourth-order valence-corrected chi connectivity index (χ4v) is 3.20. The maximum absolute atomic E-state index is 6.16. The summed E-state index contributed by atoms with van der Waals surface area (Å²) in [4.78, 5) is 4.57. The van der Waals surface area contributed by atoms with Gasteiger partial charge in [-0.05, 0) is 24.3 Å². The first-order valence-corrected chi connectivity index (χ1v) is 6.87. The first kappa shape index (κ1) is 12.3. The minimum Gasteiger partial charge on any atom is -0.497 e. The average molecular weight is 291 g/mol. The summed E-state index contributed by atoms with van der Waals surface area (Å²) in [5.41, 5.74) is 8.48. The summed E-state index contributed by atoms with van der Waals surface area (Å²) in [5.74, 6) is 0.736. The van der Waals surface area contributed by atoms with Crippen molar-refractivity contribution < 1.29 is 4.74 Å². The van der Waals surface area contributed by atoms with Crippen LogP contribution in [0, 0.1) is 0 Å². The number of halogens is 1. The zero-order valence-corrected chi connectivity index (χ0v) is 11.8. The van der Waals surface area contributed by atoms with Gasteiger partial charge in [-0.25, -0.2) is 4.98 Å². The minimum absolute atomic E-state index is 0.648. The smallest absolute Gasteiger partial charge is 0.126 e. The van der Waals surface area contributed by atoms with Crippen LogP contribution in [0.25, 0.3) is 20.8 Å². The molecule has 0 unspecified atom stereocenters. The van der Waals surface area contributed by atoms with E-state index in [0.29, 0.717) is 10.7 Å². The SMILES string of the molecule is COc1ccc(-c2nc3cccc(Cl)c3s2)c(N)c1. The van der Waals surface area contributed by atoms with Gasteiger partial charge in [0.25, 0.3) is 0 Å². The average Bonchev–Trinajstić information content (AvgIpc) is 2.83. The third kappa shape index (κ3) is 2.13. The van der Waals surface area contributed by atoms with Crippen molar-refractivity contribution in [2.24, 2.45) is 0 Å². The van der Waals surface area contributed by atoms with Gasteiger partial charge in [-0.15, -0.1) is 11.3 Å². The third-order valence-electron chi connectivity index (χ3n) is 2.86. The van der Waals surface area contributed by atoms with Crippen molar-refractivity contribution in [2.75, 3.05) is 12.8 Å². The standard InChI is InChI=1S/C14H11ClN2OS/c1-18-8-5-6-9(11(16)7-8)14-17-12-4-2-3-10(15)13(12)19-14/h2-7H,16H2,1H3. The van der Waals surface area contributed by atoms with Gasteiger partial charge in [-0.2, -0.15) is 0 Å². The van der Waals surface area contributed by atoms with Crippen molar-refractivity contribution in [2.45, 2.75) is 0 Å². The Bertz CT molecular complexity index is 754. The van der Waals surface area contributed by atoms with Gasteiger partial charge >= 0.3 is 0 Å². The molecule has 0 saturated carbocycles. The van der Waals surface area contributed by atoms with Crippen molar-refractivity contribution in [3.63, 3.8) is 0 Å². The molecule has 0 radical (unpaired) electrons. The van der Waals surface area contributed by atoms with Gasteiger partial charge in [-0.1, -0.05) is 17.7 Å². The van der Waals surface area contributed by atoms with E-state index in [2.05, 4.69) is 4.98 Å². The minimum atomic E-state index is 0.648. The molecule has 0 atom stereocenters. The van der Waals surface area contributed by atoms with Gasteiger partial charge in [-0.3, -0.25) is 0 Å². The van der Waals surface area contributed by atoms with Crippen LogP contribution in [-0.4, -0.2) is 12.1 Å². The lowest BCUT2D eigenvalue weighted by atomic mass is 10.2. The Labute approximate surface area is 119 Å². The van der Waals surface area contributed by atoms with Gasteiger partial charge in [0.2, 0.25) is 0 Å². The van der Waals surface area contributed by atoms with E-state index in [4.69, 9.17) is 22.1 Å². The molecule has 0 aliphatic carbocycles. The second-order valence-corrected chi connectivity index (χ2v) is 5.47. The number of anilines is 1. The highest BCUT2D eigenvalue weighted by Gasteiger charge is 2.11. The molecule has 5 heteroatoms. The van der Waals surface area contributed by atoms with Gasteiger partial charge < -0.3 is 10.5 Å². The van der Waals surface area contributed by atoms with Gasteiger partial charge in [0.05, 0.1) is 22.3 Å². The molecule has 0 aliphatic heterocycles. The number of rotatable bonds is 2. The molecule has 0 fully saturated rings. The molecule has 0 bridgehead atoms. The van der Waals surface area contributed by atoms with E-state index in [9.17, 15) is 0 Å². The lowest BCUT2D eigenvalue weighted by Crippen LogP contribution is -1.91. The quantitative estimate of drug-likeness (QED) is 0.719. The number of hydrogen-bond acceptors (Lipinski definition) is 4.